The smallest absolute Gasteiger partial charge is 0.326 e. The topological polar surface area (TPSA) is 112 Å². The number of hydrogen-bond acceptors (Lipinski definition) is 8. The second-order valence-electron chi connectivity index (χ2n) is 8.67. The first-order valence-corrected chi connectivity index (χ1v) is 16.8. The monoisotopic (exact) mass is 634 g/mol. The molecule has 1 amide bonds. The number of pyridine rings is 2. The molecule has 3 rings (SSSR count). The molecule has 0 aliphatic carbocycles. The van der Waals surface area contributed by atoms with Gasteiger partial charge in [0.2, 0.25) is 0 Å². The lowest BCUT2D eigenvalue weighted by atomic mass is 10.1. The number of ether oxygens (including phenoxy) is 1. The summed E-state index contributed by atoms with van der Waals surface area (Å²) < 4.78 is 11.6. The fourth-order valence-electron chi connectivity index (χ4n) is 3.18. The molecule has 0 aliphatic heterocycles. The van der Waals surface area contributed by atoms with Gasteiger partial charge in [0.25, 0.3) is 11.5 Å². The fourth-order valence-corrected chi connectivity index (χ4v) is 3.35. The Morgan fingerprint density at radius 2 is 1.43 bits per heavy atom. The Morgan fingerprint density at radius 1 is 0.886 bits per heavy atom. The summed E-state index contributed by atoms with van der Waals surface area (Å²) in [7, 11) is 0. The molecular formula is C34H58N4O5S. The molecule has 0 bridgehead atoms. The minimum absolute atomic E-state index is 0.0916. The van der Waals surface area contributed by atoms with Gasteiger partial charge in [-0.2, -0.15) is 0 Å². The van der Waals surface area contributed by atoms with Crippen molar-refractivity contribution in [3.05, 3.63) is 69.5 Å². The predicted octanol–water partition coefficient (Wildman–Crippen LogP) is 8.73. The van der Waals surface area contributed by atoms with Crippen molar-refractivity contribution in [3.8, 4) is 0 Å². The van der Waals surface area contributed by atoms with Gasteiger partial charge in [0.15, 0.2) is 5.82 Å². The van der Waals surface area contributed by atoms with Crippen LogP contribution in [0.3, 0.4) is 0 Å². The van der Waals surface area contributed by atoms with Crippen molar-refractivity contribution in [1.82, 2.24) is 14.9 Å². The third-order valence-electron chi connectivity index (χ3n) is 4.69. The van der Waals surface area contributed by atoms with E-state index in [-0.39, 0.29) is 17.8 Å². The molecular weight excluding hydrogens is 576 g/mol. The van der Waals surface area contributed by atoms with E-state index in [9.17, 15) is 14.4 Å². The molecule has 0 saturated carbocycles. The molecule has 3 aromatic rings. The van der Waals surface area contributed by atoms with Gasteiger partial charge in [0.1, 0.15) is 23.4 Å². The van der Waals surface area contributed by atoms with Crippen LogP contribution in [0.15, 0.2) is 47.3 Å². The van der Waals surface area contributed by atoms with Gasteiger partial charge in [-0.05, 0) is 51.5 Å². The number of aromatic nitrogens is 2. The molecule has 44 heavy (non-hydrogen) atoms. The SMILES string of the molecule is CC.CC.CC.CC.CC.CSONc1ccc2cc(C(=O)NCc3ccc(C)cc3)c(=O)n(CC(=O)OC(C)(C)C)c2n1. The zero-order chi connectivity index (χ0) is 34.9. The van der Waals surface area contributed by atoms with E-state index in [4.69, 9.17) is 9.02 Å². The van der Waals surface area contributed by atoms with E-state index in [1.807, 2.05) is 100 Å². The Labute approximate surface area is 270 Å². The average Bonchev–Trinajstić information content (AvgIpc) is 3.04. The lowest BCUT2D eigenvalue weighted by molar-refractivity contribution is -0.155. The zero-order valence-corrected chi connectivity index (χ0v) is 30.6. The normalized spacial score (nSPS) is 9.43. The first-order chi connectivity index (χ1) is 21.1. The molecule has 250 valence electrons. The number of hydrogen-bond donors (Lipinski definition) is 2. The van der Waals surface area contributed by atoms with Crippen LogP contribution < -0.4 is 16.4 Å². The van der Waals surface area contributed by atoms with E-state index in [0.29, 0.717) is 11.2 Å². The Bertz CT molecular complexity index is 1250. The Morgan fingerprint density at radius 3 is 1.93 bits per heavy atom. The Kier molecular flexibility index (Phi) is 26.7. The van der Waals surface area contributed by atoms with Gasteiger partial charge in [-0.1, -0.05) is 99.1 Å². The standard InChI is InChI=1S/C24H28N4O5S.5C2H6/c1-15-6-8-16(9-7-15)13-25-22(30)18-12-17-10-11-19(27-33-34-5)26-21(17)28(23(18)31)14-20(29)32-24(2,3)4;5*1-2/h6-12H,13-14H2,1-5H3,(H,25,30)(H,26,27);5*1-2H3. The highest BCUT2D eigenvalue weighted by molar-refractivity contribution is 7.93. The lowest BCUT2D eigenvalue weighted by Gasteiger charge is -2.20. The van der Waals surface area contributed by atoms with E-state index in [1.165, 1.54) is 6.07 Å². The summed E-state index contributed by atoms with van der Waals surface area (Å²) in [6.45, 7) is 27.1. The first kappa shape index (κ1) is 45.1. The molecule has 2 aromatic heterocycles. The number of benzene rings is 1. The van der Waals surface area contributed by atoms with Gasteiger partial charge in [-0.25, -0.2) is 14.7 Å². The van der Waals surface area contributed by atoms with Crippen molar-refractivity contribution >= 4 is 40.8 Å². The quantitative estimate of drug-likeness (QED) is 0.144. The molecule has 0 saturated heterocycles. The number of amides is 1. The van der Waals surface area contributed by atoms with Gasteiger partial charge >= 0.3 is 5.97 Å². The second kappa shape index (κ2) is 26.1. The molecule has 2 heterocycles. The molecule has 10 heteroatoms. The van der Waals surface area contributed by atoms with Crippen molar-refractivity contribution in [2.24, 2.45) is 0 Å². The van der Waals surface area contributed by atoms with Crippen molar-refractivity contribution in [2.75, 3.05) is 11.7 Å². The van der Waals surface area contributed by atoms with Crippen LogP contribution in [0, 0.1) is 6.92 Å². The highest BCUT2D eigenvalue weighted by Crippen LogP contribution is 2.17. The second-order valence-corrected chi connectivity index (χ2v) is 9.17. The van der Waals surface area contributed by atoms with E-state index in [0.717, 1.165) is 27.7 Å². The van der Waals surface area contributed by atoms with Crippen LogP contribution in [0.1, 0.15) is 111 Å². The maximum atomic E-state index is 13.3. The molecule has 9 nitrogen and oxygen atoms in total. The number of anilines is 1. The van der Waals surface area contributed by atoms with Gasteiger partial charge in [0, 0.05) is 30.2 Å². The van der Waals surface area contributed by atoms with Crippen molar-refractivity contribution in [1.29, 1.82) is 0 Å². The number of nitrogens with zero attached hydrogens (tertiary/aromatic N) is 2. The number of aryl methyl sites for hydroxylation is 1. The summed E-state index contributed by atoms with van der Waals surface area (Å²) in [5, 5.41) is 3.29. The summed E-state index contributed by atoms with van der Waals surface area (Å²) in [6, 6.07) is 12.5. The predicted molar refractivity (Wildman–Crippen MR) is 189 cm³/mol. The summed E-state index contributed by atoms with van der Waals surface area (Å²) in [6.07, 6.45) is 1.73. The first-order valence-electron chi connectivity index (χ1n) is 15.6. The van der Waals surface area contributed by atoms with Crippen molar-refractivity contribution in [2.45, 2.75) is 116 Å². The molecule has 2 N–H and O–H groups in total. The number of nitrogens with one attached hydrogen (secondary N) is 2. The summed E-state index contributed by atoms with van der Waals surface area (Å²) >= 11 is 1.09. The zero-order valence-electron chi connectivity index (χ0n) is 29.8. The van der Waals surface area contributed by atoms with Crippen LogP contribution in [0.4, 0.5) is 5.82 Å². The number of rotatable bonds is 8. The van der Waals surface area contributed by atoms with Gasteiger partial charge in [-0.3, -0.25) is 19.0 Å². The van der Waals surface area contributed by atoms with E-state index in [2.05, 4.69) is 15.8 Å². The van der Waals surface area contributed by atoms with Gasteiger partial charge in [-0.15, -0.1) is 0 Å². The third kappa shape index (κ3) is 16.5. The highest BCUT2D eigenvalue weighted by atomic mass is 32.2. The molecule has 0 radical (unpaired) electrons. The van der Waals surface area contributed by atoms with E-state index < -0.39 is 29.6 Å². The van der Waals surface area contributed by atoms with Crippen LogP contribution in [0.5, 0.6) is 0 Å². The number of carbonyl (C=O) groups is 2. The van der Waals surface area contributed by atoms with Gasteiger partial charge < -0.3 is 10.1 Å². The molecule has 0 fully saturated rings. The van der Waals surface area contributed by atoms with E-state index >= 15 is 0 Å². The third-order valence-corrected chi connectivity index (χ3v) is 4.94. The van der Waals surface area contributed by atoms with Crippen LogP contribution in [0.2, 0.25) is 0 Å². The Balaban J connectivity index is -0.00000152. The lowest BCUT2D eigenvalue weighted by Crippen LogP contribution is -2.36. The molecule has 0 aliphatic rings. The molecule has 0 unspecified atom stereocenters. The number of fused-ring (bicyclic) bond motifs is 1. The fraction of sp³-hybridized carbons (Fsp3) is 0.529. The Hall–Kier alpha value is -3.37. The van der Waals surface area contributed by atoms with E-state index in [1.54, 1.807) is 39.2 Å². The summed E-state index contributed by atoms with van der Waals surface area (Å²) in [4.78, 5) is 43.2. The molecule has 0 atom stereocenters. The maximum absolute atomic E-state index is 13.3. The van der Waals surface area contributed by atoms with Crippen LogP contribution in [-0.4, -0.2) is 33.3 Å². The number of esters is 1. The molecule has 0 spiro atoms. The molecule has 1 aromatic carbocycles. The average molecular weight is 635 g/mol. The highest BCUT2D eigenvalue weighted by Gasteiger charge is 2.22. The van der Waals surface area contributed by atoms with Crippen LogP contribution in [0.25, 0.3) is 11.0 Å². The van der Waals surface area contributed by atoms with Crippen molar-refractivity contribution < 1.29 is 18.6 Å². The summed E-state index contributed by atoms with van der Waals surface area (Å²) in [5.74, 6) is -0.817. The number of carbonyl (C=O) groups excluding carboxylic acids is 2. The van der Waals surface area contributed by atoms with Gasteiger partial charge in [0.05, 0.1) is 0 Å². The van der Waals surface area contributed by atoms with Crippen LogP contribution >= 0.6 is 12.0 Å². The minimum Gasteiger partial charge on any atom is -0.459 e. The minimum atomic E-state index is -0.730. The van der Waals surface area contributed by atoms with Crippen LogP contribution in [-0.2, 0) is 26.9 Å². The summed E-state index contributed by atoms with van der Waals surface area (Å²) in [5.41, 5.74) is 3.42. The maximum Gasteiger partial charge on any atom is 0.326 e. The largest absolute Gasteiger partial charge is 0.459 e. The van der Waals surface area contributed by atoms with Crippen molar-refractivity contribution in [3.63, 3.8) is 0 Å².